The van der Waals surface area contributed by atoms with Gasteiger partial charge in [0.1, 0.15) is 6.10 Å². The summed E-state index contributed by atoms with van der Waals surface area (Å²) in [5.74, 6) is 1.88. The SMILES string of the molecule is C=C(C)[C@@H]1CCC2(CC(=O)N3CCCC3CN)CC[C@]3(C)C(CC[C@@H]4C5(C)CCC(OC(=O)CC(C)(C)CC(=O)O)C(C)(C)[C@@H]5CCC43C)[C@@H]12. The number of hydrogen-bond donors (Lipinski definition) is 2. The molecule has 5 saturated carbocycles. The van der Waals surface area contributed by atoms with Crippen molar-refractivity contribution in [1.29, 1.82) is 0 Å². The predicted molar refractivity (Wildman–Crippen MR) is 198 cm³/mol. The van der Waals surface area contributed by atoms with E-state index in [1.165, 1.54) is 37.7 Å². The van der Waals surface area contributed by atoms with Crippen LogP contribution < -0.4 is 5.73 Å². The number of carbonyl (C=O) groups is 3. The van der Waals surface area contributed by atoms with E-state index in [1.807, 2.05) is 13.8 Å². The maximum Gasteiger partial charge on any atom is 0.306 e. The second-order valence-corrected chi connectivity index (χ2v) is 20.6. The Morgan fingerprint density at radius 3 is 2.26 bits per heavy atom. The molecule has 1 heterocycles. The van der Waals surface area contributed by atoms with Gasteiger partial charge in [0.15, 0.2) is 0 Å². The first-order valence-corrected chi connectivity index (χ1v) is 20.3. The Kier molecular flexibility index (Phi) is 9.77. The Morgan fingerprint density at radius 1 is 0.880 bits per heavy atom. The number of amides is 1. The zero-order chi connectivity index (χ0) is 36.7. The van der Waals surface area contributed by atoms with Crippen LogP contribution in [0.15, 0.2) is 12.2 Å². The molecule has 6 unspecified atom stereocenters. The molecule has 0 aromatic carbocycles. The Bertz CT molecular complexity index is 1370. The molecular weight excluding hydrogens is 624 g/mol. The number of carboxylic acid groups (broad SMARTS) is 1. The number of allylic oxidation sites excluding steroid dienone is 1. The maximum absolute atomic E-state index is 14.1. The highest BCUT2D eigenvalue weighted by molar-refractivity contribution is 5.78. The molecule has 1 aliphatic heterocycles. The molecule has 1 amide bonds. The monoisotopic (exact) mass is 695 g/mol. The summed E-state index contributed by atoms with van der Waals surface area (Å²) < 4.78 is 6.28. The summed E-state index contributed by atoms with van der Waals surface area (Å²) in [4.78, 5) is 40.8. The van der Waals surface area contributed by atoms with Crippen molar-refractivity contribution in [3.8, 4) is 0 Å². The molecule has 6 rings (SSSR count). The molecule has 0 bridgehead atoms. The number of carbonyl (C=O) groups excluding carboxylic acids is 2. The summed E-state index contributed by atoms with van der Waals surface area (Å²) in [6, 6.07) is 0.210. The molecule has 50 heavy (non-hydrogen) atoms. The first-order chi connectivity index (χ1) is 23.2. The molecule has 0 aromatic heterocycles. The average molecular weight is 695 g/mol. The normalized spacial score (nSPS) is 43.6. The fraction of sp³-hybridized carbons (Fsp3) is 0.884. The van der Waals surface area contributed by atoms with E-state index in [4.69, 9.17) is 10.5 Å². The van der Waals surface area contributed by atoms with Crippen molar-refractivity contribution in [2.45, 2.75) is 164 Å². The third kappa shape index (κ3) is 5.90. The smallest absolute Gasteiger partial charge is 0.306 e. The fourth-order valence-corrected chi connectivity index (χ4v) is 14.7. The van der Waals surface area contributed by atoms with Crippen LogP contribution in [0.2, 0.25) is 0 Å². The number of carboxylic acids is 1. The Hall–Kier alpha value is -1.89. The molecule has 11 atom stereocenters. The highest BCUT2D eigenvalue weighted by atomic mass is 16.5. The predicted octanol–water partition coefficient (Wildman–Crippen LogP) is 8.79. The zero-order valence-corrected chi connectivity index (χ0v) is 32.9. The summed E-state index contributed by atoms with van der Waals surface area (Å²) in [6.07, 6.45) is 14.1. The molecule has 282 valence electrons. The highest BCUT2D eigenvalue weighted by Gasteiger charge is 2.71. The van der Waals surface area contributed by atoms with Crippen molar-refractivity contribution < 1.29 is 24.2 Å². The molecule has 5 aliphatic carbocycles. The number of hydrogen-bond acceptors (Lipinski definition) is 5. The molecule has 1 saturated heterocycles. The van der Waals surface area contributed by atoms with Gasteiger partial charge in [0.2, 0.25) is 5.91 Å². The van der Waals surface area contributed by atoms with Crippen molar-refractivity contribution in [3.63, 3.8) is 0 Å². The van der Waals surface area contributed by atoms with Crippen LogP contribution in [-0.4, -0.2) is 53.1 Å². The van der Waals surface area contributed by atoms with Crippen LogP contribution in [-0.2, 0) is 19.1 Å². The van der Waals surface area contributed by atoms with Gasteiger partial charge in [-0.2, -0.15) is 0 Å². The zero-order valence-electron chi connectivity index (χ0n) is 32.9. The Balaban J connectivity index is 1.24. The van der Waals surface area contributed by atoms with E-state index in [9.17, 15) is 19.5 Å². The molecule has 0 aromatic rings. The molecule has 3 N–H and O–H groups in total. The highest BCUT2D eigenvalue weighted by Crippen LogP contribution is 2.78. The van der Waals surface area contributed by atoms with Gasteiger partial charge >= 0.3 is 11.9 Å². The number of nitrogens with two attached hydrogens (primary N) is 1. The molecular formula is C43H70N2O5. The molecule has 7 heteroatoms. The van der Waals surface area contributed by atoms with Gasteiger partial charge in [0.25, 0.3) is 0 Å². The average Bonchev–Trinajstić information content (AvgIpc) is 3.63. The number of likely N-dealkylation sites (tertiary alicyclic amines) is 1. The first-order valence-electron chi connectivity index (χ1n) is 20.3. The molecule has 7 nitrogen and oxygen atoms in total. The van der Waals surface area contributed by atoms with Crippen LogP contribution >= 0.6 is 0 Å². The first kappa shape index (κ1) is 37.9. The topological polar surface area (TPSA) is 110 Å². The molecule has 0 spiro atoms. The van der Waals surface area contributed by atoms with E-state index in [0.717, 1.165) is 51.5 Å². The maximum atomic E-state index is 14.1. The van der Waals surface area contributed by atoms with E-state index >= 15 is 0 Å². The van der Waals surface area contributed by atoms with Gasteiger partial charge in [0, 0.05) is 31.0 Å². The lowest BCUT2D eigenvalue weighted by atomic mass is 9.32. The largest absolute Gasteiger partial charge is 0.481 e. The number of esters is 1. The lowest BCUT2D eigenvalue weighted by molar-refractivity contribution is -0.250. The van der Waals surface area contributed by atoms with E-state index < -0.39 is 11.4 Å². The second kappa shape index (κ2) is 12.9. The summed E-state index contributed by atoms with van der Waals surface area (Å²) in [5.41, 5.74) is 7.31. The fourth-order valence-electron chi connectivity index (χ4n) is 14.7. The van der Waals surface area contributed by atoms with E-state index in [-0.39, 0.29) is 58.0 Å². The summed E-state index contributed by atoms with van der Waals surface area (Å²) in [7, 11) is 0. The van der Waals surface area contributed by atoms with Gasteiger partial charge in [-0.05, 0) is 141 Å². The van der Waals surface area contributed by atoms with Gasteiger partial charge in [-0.15, -0.1) is 0 Å². The van der Waals surface area contributed by atoms with E-state index in [1.54, 1.807) is 0 Å². The third-order valence-corrected chi connectivity index (χ3v) is 17.2. The number of fused-ring (bicyclic) bond motifs is 7. The van der Waals surface area contributed by atoms with Crippen molar-refractivity contribution in [3.05, 3.63) is 12.2 Å². The number of nitrogens with zero attached hydrogens (tertiary/aromatic N) is 1. The number of ether oxygens (including phenoxy) is 1. The lowest BCUT2D eigenvalue weighted by Crippen LogP contribution is -2.67. The van der Waals surface area contributed by atoms with Gasteiger partial charge in [0.05, 0.1) is 12.8 Å². The summed E-state index contributed by atoms with van der Waals surface area (Å²) in [5, 5.41) is 9.34. The van der Waals surface area contributed by atoms with Crippen LogP contribution in [0.1, 0.15) is 152 Å². The van der Waals surface area contributed by atoms with Crippen molar-refractivity contribution in [2.75, 3.05) is 13.1 Å². The number of aliphatic carboxylic acids is 1. The van der Waals surface area contributed by atoms with Gasteiger partial charge < -0.3 is 20.5 Å². The summed E-state index contributed by atoms with van der Waals surface area (Å²) in [6.45, 7) is 24.5. The van der Waals surface area contributed by atoms with Crippen LogP contribution in [0.3, 0.4) is 0 Å². The minimum atomic E-state index is -0.881. The van der Waals surface area contributed by atoms with Crippen LogP contribution in [0.25, 0.3) is 0 Å². The van der Waals surface area contributed by atoms with Crippen LogP contribution in [0.4, 0.5) is 0 Å². The molecule has 6 fully saturated rings. The standard InChI is InChI=1S/C43H70N2O5/c1-27(2)29-14-19-43(23-34(46)45-22-10-11-28(45)26-44)21-20-41(8)30(37(29)43)12-13-32-40(7)17-16-33(39(5,6)31(40)15-18-42(32,41)9)50-36(49)25-38(3,4)24-35(47)48/h28-33,37H,1,10-26,44H2,2-9H3,(H,47,48)/t28?,29-,30?,31-,32+,33?,37+,40?,41+,42?,43?/m0/s1. The number of rotatable bonds is 9. The Labute approximate surface area is 303 Å². The Morgan fingerprint density at radius 2 is 1.60 bits per heavy atom. The van der Waals surface area contributed by atoms with Crippen LogP contribution in [0, 0.1) is 62.1 Å². The van der Waals surface area contributed by atoms with Gasteiger partial charge in [-0.3, -0.25) is 14.4 Å². The quantitative estimate of drug-likeness (QED) is 0.184. The minimum Gasteiger partial charge on any atom is -0.481 e. The van der Waals surface area contributed by atoms with Crippen molar-refractivity contribution in [2.24, 2.45) is 67.8 Å². The molecule has 6 aliphatic rings. The van der Waals surface area contributed by atoms with Crippen molar-refractivity contribution >= 4 is 17.8 Å². The lowest BCUT2D eigenvalue weighted by Gasteiger charge is -2.73. The van der Waals surface area contributed by atoms with E-state index in [0.29, 0.717) is 48.5 Å². The van der Waals surface area contributed by atoms with Gasteiger partial charge in [-0.25, -0.2) is 0 Å². The van der Waals surface area contributed by atoms with E-state index in [2.05, 4.69) is 53.0 Å². The van der Waals surface area contributed by atoms with Crippen molar-refractivity contribution in [1.82, 2.24) is 4.90 Å². The second-order valence-electron chi connectivity index (χ2n) is 20.6. The van der Waals surface area contributed by atoms with Crippen LogP contribution in [0.5, 0.6) is 0 Å². The van der Waals surface area contributed by atoms with Gasteiger partial charge in [-0.1, -0.05) is 60.6 Å². The third-order valence-electron chi connectivity index (χ3n) is 17.2. The summed E-state index contributed by atoms with van der Waals surface area (Å²) >= 11 is 0. The molecule has 0 radical (unpaired) electrons. The minimum absolute atomic E-state index is 0.0462.